The summed E-state index contributed by atoms with van der Waals surface area (Å²) in [5, 5.41) is 17.4. The monoisotopic (exact) mass is 497 g/mol. The second-order valence-corrected chi connectivity index (χ2v) is 8.64. The van der Waals surface area contributed by atoms with Gasteiger partial charge < -0.3 is 14.6 Å². The van der Waals surface area contributed by atoms with Crippen molar-refractivity contribution in [3.8, 4) is 27.8 Å². The van der Waals surface area contributed by atoms with E-state index in [1.165, 1.54) is 17.9 Å². The van der Waals surface area contributed by atoms with E-state index in [-0.39, 0.29) is 18.7 Å². The fourth-order valence-electron chi connectivity index (χ4n) is 3.36. The van der Waals surface area contributed by atoms with Gasteiger partial charge in [0.05, 0.1) is 12.0 Å². The van der Waals surface area contributed by atoms with Gasteiger partial charge >= 0.3 is 5.97 Å². The number of thiophene rings is 1. The molecule has 7 nitrogen and oxygen atoms in total. The summed E-state index contributed by atoms with van der Waals surface area (Å²) in [7, 11) is 1.52. The van der Waals surface area contributed by atoms with Crippen LogP contribution in [0.5, 0.6) is 11.5 Å². The van der Waals surface area contributed by atoms with Crippen molar-refractivity contribution in [1.29, 1.82) is 0 Å². The third kappa shape index (κ3) is 6.45. The van der Waals surface area contributed by atoms with E-state index < -0.39 is 11.8 Å². The van der Waals surface area contributed by atoms with Crippen LogP contribution in [0, 0.1) is 12.7 Å². The third-order valence-electron chi connectivity index (χ3n) is 5.00. The molecule has 0 aliphatic rings. The van der Waals surface area contributed by atoms with Crippen LogP contribution in [0.25, 0.3) is 16.3 Å². The summed E-state index contributed by atoms with van der Waals surface area (Å²) in [5.41, 5.74) is 2.29. The standard InChI is InChI=1S/C24H22FN3O4S.C2H6/c1-15-6-10-22(33-15)24-20(14-32-18-5-3-4-16(12-18)7-11-23(29)30)26-27-28(24)21-13-17(31-2)8-9-19(21)25;1-2/h3-6,8-10,12-13H,7,11,14H2,1-2H3,(H,29,30);1-2H3. The largest absolute Gasteiger partial charge is 0.497 e. The zero-order chi connectivity index (χ0) is 25.4. The Morgan fingerprint density at radius 2 is 1.91 bits per heavy atom. The number of carboxylic acids is 1. The van der Waals surface area contributed by atoms with Crippen molar-refractivity contribution in [1.82, 2.24) is 15.0 Å². The fourth-order valence-corrected chi connectivity index (χ4v) is 4.28. The second-order valence-electron chi connectivity index (χ2n) is 7.35. The van der Waals surface area contributed by atoms with Gasteiger partial charge in [-0.25, -0.2) is 9.07 Å². The number of hydrogen-bond donors (Lipinski definition) is 1. The van der Waals surface area contributed by atoms with Crippen molar-refractivity contribution in [3.63, 3.8) is 0 Å². The molecule has 0 saturated carbocycles. The minimum absolute atomic E-state index is 0.0474. The summed E-state index contributed by atoms with van der Waals surface area (Å²) in [6.45, 7) is 6.10. The van der Waals surface area contributed by atoms with Crippen LogP contribution in [0.3, 0.4) is 0 Å². The summed E-state index contributed by atoms with van der Waals surface area (Å²) < 4.78 is 27.4. The maximum atomic E-state index is 14.7. The lowest BCUT2D eigenvalue weighted by Gasteiger charge is -2.10. The number of halogens is 1. The number of aromatic nitrogens is 3. The van der Waals surface area contributed by atoms with Crippen molar-refractivity contribution >= 4 is 17.3 Å². The number of rotatable bonds is 9. The van der Waals surface area contributed by atoms with Gasteiger partial charge in [0.25, 0.3) is 0 Å². The Kier molecular flexibility index (Phi) is 8.97. The highest BCUT2D eigenvalue weighted by molar-refractivity contribution is 7.15. The molecule has 0 atom stereocenters. The van der Waals surface area contributed by atoms with Crippen molar-refractivity contribution in [2.24, 2.45) is 0 Å². The molecule has 0 aliphatic heterocycles. The van der Waals surface area contributed by atoms with Gasteiger partial charge in [-0.1, -0.05) is 31.2 Å². The first-order valence-electron chi connectivity index (χ1n) is 11.2. The minimum atomic E-state index is -0.849. The van der Waals surface area contributed by atoms with E-state index >= 15 is 0 Å². The zero-order valence-electron chi connectivity index (χ0n) is 20.1. The molecule has 0 saturated heterocycles. The molecule has 2 heterocycles. The highest BCUT2D eigenvalue weighted by Crippen LogP contribution is 2.33. The molecule has 2 aromatic carbocycles. The number of carbonyl (C=O) groups is 1. The quantitative estimate of drug-likeness (QED) is 0.302. The van der Waals surface area contributed by atoms with Crippen LogP contribution in [-0.4, -0.2) is 33.2 Å². The number of benzene rings is 2. The minimum Gasteiger partial charge on any atom is -0.497 e. The predicted molar refractivity (Wildman–Crippen MR) is 134 cm³/mol. The van der Waals surface area contributed by atoms with Crippen molar-refractivity contribution in [2.75, 3.05) is 7.11 Å². The summed E-state index contributed by atoms with van der Waals surface area (Å²) in [6, 6.07) is 15.7. The van der Waals surface area contributed by atoms with E-state index in [2.05, 4.69) is 10.3 Å². The van der Waals surface area contributed by atoms with Crippen LogP contribution in [0.1, 0.15) is 36.4 Å². The maximum absolute atomic E-state index is 14.7. The van der Waals surface area contributed by atoms with E-state index in [0.717, 1.165) is 15.3 Å². The molecule has 2 aromatic heterocycles. The number of ether oxygens (including phenoxy) is 2. The van der Waals surface area contributed by atoms with Crippen LogP contribution in [0.4, 0.5) is 4.39 Å². The van der Waals surface area contributed by atoms with E-state index in [1.807, 2.05) is 51.1 Å². The number of methoxy groups -OCH3 is 1. The molecule has 4 rings (SSSR count). The molecular formula is C26H28FN3O4S. The molecule has 0 spiro atoms. The smallest absolute Gasteiger partial charge is 0.303 e. The Hall–Kier alpha value is -3.72. The summed E-state index contributed by atoms with van der Waals surface area (Å²) in [5.74, 6) is -0.202. The van der Waals surface area contributed by atoms with Crippen LogP contribution in [0.2, 0.25) is 0 Å². The molecule has 1 N–H and O–H groups in total. The number of carboxylic acid groups (broad SMARTS) is 1. The third-order valence-corrected chi connectivity index (χ3v) is 6.00. The van der Waals surface area contributed by atoms with Gasteiger partial charge in [0.15, 0.2) is 0 Å². The van der Waals surface area contributed by atoms with Gasteiger partial charge in [0.2, 0.25) is 0 Å². The molecule has 0 unspecified atom stereocenters. The van der Waals surface area contributed by atoms with Crippen molar-refractivity contribution in [3.05, 3.63) is 76.5 Å². The highest BCUT2D eigenvalue weighted by Gasteiger charge is 2.21. The van der Waals surface area contributed by atoms with Crippen molar-refractivity contribution < 1.29 is 23.8 Å². The first kappa shape index (κ1) is 25.9. The van der Waals surface area contributed by atoms with Gasteiger partial charge in [0.1, 0.15) is 41.0 Å². The van der Waals surface area contributed by atoms with Crippen LogP contribution < -0.4 is 9.47 Å². The topological polar surface area (TPSA) is 86.5 Å². The predicted octanol–water partition coefficient (Wildman–Crippen LogP) is 6.07. The Balaban J connectivity index is 0.00000167. The fraction of sp³-hybridized carbons (Fsp3) is 0.269. The molecule has 0 aliphatic carbocycles. The van der Waals surface area contributed by atoms with E-state index in [9.17, 15) is 9.18 Å². The molecule has 9 heteroatoms. The zero-order valence-corrected chi connectivity index (χ0v) is 20.9. The summed E-state index contributed by atoms with van der Waals surface area (Å²) in [4.78, 5) is 12.8. The Morgan fingerprint density at radius 1 is 1.11 bits per heavy atom. The van der Waals surface area contributed by atoms with Gasteiger partial charge in [-0.3, -0.25) is 4.79 Å². The lowest BCUT2D eigenvalue weighted by atomic mass is 10.1. The Bertz CT molecular complexity index is 1290. The number of nitrogens with zero attached hydrogens (tertiary/aromatic N) is 3. The van der Waals surface area contributed by atoms with E-state index in [4.69, 9.17) is 14.6 Å². The Labute approximate surface area is 207 Å². The molecule has 184 valence electrons. The lowest BCUT2D eigenvalue weighted by molar-refractivity contribution is -0.136. The normalized spacial score (nSPS) is 10.4. The van der Waals surface area contributed by atoms with Crippen LogP contribution in [0.15, 0.2) is 54.6 Å². The summed E-state index contributed by atoms with van der Waals surface area (Å²) >= 11 is 1.55. The molecule has 0 bridgehead atoms. The maximum Gasteiger partial charge on any atom is 0.303 e. The summed E-state index contributed by atoms with van der Waals surface area (Å²) in [6.07, 6.45) is 0.462. The van der Waals surface area contributed by atoms with Crippen LogP contribution in [-0.2, 0) is 17.8 Å². The molecule has 0 fully saturated rings. The second kappa shape index (κ2) is 12.1. The molecule has 35 heavy (non-hydrogen) atoms. The molecular weight excluding hydrogens is 469 g/mol. The molecule has 0 amide bonds. The molecule has 4 aromatic rings. The average Bonchev–Trinajstić information content (AvgIpc) is 3.49. The molecule has 0 radical (unpaired) electrons. The van der Waals surface area contributed by atoms with E-state index in [1.54, 1.807) is 29.5 Å². The lowest BCUT2D eigenvalue weighted by Crippen LogP contribution is -2.04. The van der Waals surface area contributed by atoms with Gasteiger partial charge in [-0.15, -0.1) is 16.4 Å². The number of aliphatic carboxylic acids is 1. The first-order valence-corrected chi connectivity index (χ1v) is 12.0. The number of aryl methyl sites for hydroxylation is 2. The Morgan fingerprint density at radius 3 is 2.60 bits per heavy atom. The highest BCUT2D eigenvalue weighted by atomic mass is 32.1. The average molecular weight is 498 g/mol. The van der Waals surface area contributed by atoms with Gasteiger partial charge in [-0.2, -0.15) is 0 Å². The van der Waals surface area contributed by atoms with Gasteiger partial charge in [-0.05, 0) is 55.3 Å². The first-order chi connectivity index (χ1) is 16.9. The van der Waals surface area contributed by atoms with E-state index in [0.29, 0.717) is 29.3 Å². The van der Waals surface area contributed by atoms with Crippen molar-refractivity contribution in [2.45, 2.75) is 40.2 Å². The SMILES string of the molecule is CC.COc1ccc(F)c(-n2nnc(COc3cccc(CCC(=O)O)c3)c2-c2ccc(C)s2)c1. The number of hydrogen-bond acceptors (Lipinski definition) is 6. The van der Waals surface area contributed by atoms with Crippen LogP contribution >= 0.6 is 11.3 Å². The van der Waals surface area contributed by atoms with Gasteiger partial charge in [0, 0.05) is 17.4 Å².